The van der Waals surface area contributed by atoms with Crippen molar-refractivity contribution >= 4 is 0 Å². The van der Waals surface area contributed by atoms with E-state index >= 15 is 0 Å². The van der Waals surface area contributed by atoms with Gasteiger partial charge >= 0.3 is 0 Å². The first kappa shape index (κ1) is 12.2. The highest BCUT2D eigenvalue weighted by Crippen LogP contribution is 2.25. The Morgan fingerprint density at radius 2 is 2.18 bits per heavy atom. The minimum atomic E-state index is 0.401. The van der Waals surface area contributed by atoms with E-state index in [0.29, 0.717) is 12.6 Å². The predicted molar refractivity (Wildman–Crippen MR) is 65.7 cm³/mol. The minimum Gasteiger partial charge on any atom is -0.493 e. The van der Waals surface area contributed by atoms with Gasteiger partial charge < -0.3 is 19.5 Å². The van der Waals surface area contributed by atoms with Crippen LogP contribution >= 0.6 is 0 Å². The zero-order chi connectivity index (χ0) is 11.9. The largest absolute Gasteiger partial charge is 0.493 e. The van der Waals surface area contributed by atoms with E-state index in [2.05, 4.69) is 5.32 Å². The minimum absolute atomic E-state index is 0.401. The van der Waals surface area contributed by atoms with Gasteiger partial charge in [-0.05, 0) is 18.6 Å². The van der Waals surface area contributed by atoms with Crippen LogP contribution in [0.4, 0.5) is 0 Å². The Morgan fingerprint density at radius 3 is 2.88 bits per heavy atom. The lowest BCUT2D eigenvalue weighted by Crippen LogP contribution is -2.41. The molecule has 0 bridgehead atoms. The molecule has 1 heterocycles. The average molecular weight is 237 g/mol. The molecule has 0 saturated carbocycles. The number of para-hydroxylation sites is 2. The van der Waals surface area contributed by atoms with Crippen LogP contribution in [0.15, 0.2) is 24.3 Å². The SMILES string of the molecule is COc1ccccc1OCCC1COCCN1. The summed E-state index contributed by atoms with van der Waals surface area (Å²) in [6.45, 7) is 3.18. The van der Waals surface area contributed by atoms with Crippen LogP contribution in [0.1, 0.15) is 6.42 Å². The van der Waals surface area contributed by atoms with Crippen molar-refractivity contribution in [3.8, 4) is 11.5 Å². The van der Waals surface area contributed by atoms with Crippen LogP contribution in [0.3, 0.4) is 0 Å². The van der Waals surface area contributed by atoms with Gasteiger partial charge in [-0.3, -0.25) is 0 Å². The highest BCUT2D eigenvalue weighted by Gasteiger charge is 2.13. The van der Waals surface area contributed by atoms with Gasteiger partial charge in [-0.15, -0.1) is 0 Å². The third-order valence-electron chi connectivity index (χ3n) is 2.79. The average Bonchev–Trinajstić information content (AvgIpc) is 2.40. The summed E-state index contributed by atoms with van der Waals surface area (Å²) in [4.78, 5) is 0. The summed E-state index contributed by atoms with van der Waals surface area (Å²) >= 11 is 0. The summed E-state index contributed by atoms with van der Waals surface area (Å²) < 4.78 is 16.3. The molecule has 0 aromatic heterocycles. The lowest BCUT2D eigenvalue weighted by Gasteiger charge is -2.23. The molecular weight excluding hydrogens is 218 g/mol. The fraction of sp³-hybridized carbons (Fsp3) is 0.538. The summed E-state index contributed by atoms with van der Waals surface area (Å²) in [5, 5.41) is 3.40. The molecule has 0 spiro atoms. The molecule has 4 heteroatoms. The van der Waals surface area contributed by atoms with Crippen LogP contribution in [-0.2, 0) is 4.74 Å². The van der Waals surface area contributed by atoms with Crippen LogP contribution < -0.4 is 14.8 Å². The number of benzene rings is 1. The van der Waals surface area contributed by atoms with Crippen molar-refractivity contribution in [3.63, 3.8) is 0 Å². The molecule has 1 aliphatic rings. The summed E-state index contributed by atoms with van der Waals surface area (Å²) in [5.41, 5.74) is 0. The van der Waals surface area contributed by atoms with E-state index in [4.69, 9.17) is 14.2 Å². The van der Waals surface area contributed by atoms with E-state index in [0.717, 1.165) is 37.7 Å². The second-order valence-corrected chi connectivity index (χ2v) is 4.01. The van der Waals surface area contributed by atoms with Gasteiger partial charge in [0.2, 0.25) is 0 Å². The number of rotatable bonds is 5. The fourth-order valence-electron chi connectivity index (χ4n) is 1.85. The Kier molecular flexibility index (Phi) is 4.64. The summed E-state index contributed by atoms with van der Waals surface area (Å²) in [6, 6.07) is 8.10. The third-order valence-corrected chi connectivity index (χ3v) is 2.79. The molecule has 1 aromatic rings. The molecule has 0 radical (unpaired) electrons. The van der Waals surface area contributed by atoms with E-state index in [9.17, 15) is 0 Å². The van der Waals surface area contributed by atoms with E-state index in [-0.39, 0.29) is 0 Å². The second kappa shape index (κ2) is 6.47. The first-order valence-corrected chi connectivity index (χ1v) is 5.97. The van der Waals surface area contributed by atoms with Crippen molar-refractivity contribution in [1.82, 2.24) is 5.32 Å². The monoisotopic (exact) mass is 237 g/mol. The van der Waals surface area contributed by atoms with Crippen molar-refractivity contribution in [2.75, 3.05) is 33.5 Å². The maximum absolute atomic E-state index is 5.71. The van der Waals surface area contributed by atoms with Crippen LogP contribution in [0.2, 0.25) is 0 Å². The van der Waals surface area contributed by atoms with Crippen molar-refractivity contribution in [2.45, 2.75) is 12.5 Å². The molecule has 1 saturated heterocycles. The summed E-state index contributed by atoms with van der Waals surface area (Å²) in [6.07, 6.45) is 0.943. The normalized spacial score (nSPS) is 19.9. The van der Waals surface area contributed by atoms with Gasteiger partial charge in [0.25, 0.3) is 0 Å². The molecule has 4 nitrogen and oxygen atoms in total. The molecule has 1 aromatic carbocycles. The second-order valence-electron chi connectivity index (χ2n) is 4.01. The molecule has 0 aliphatic carbocycles. The third kappa shape index (κ3) is 3.61. The highest BCUT2D eigenvalue weighted by molar-refractivity contribution is 5.39. The molecule has 1 atom stereocenters. The van der Waals surface area contributed by atoms with E-state index in [1.54, 1.807) is 7.11 Å². The molecule has 2 rings (SSSR count). The number of ether oxygens (including phenoxy) is 3. The highest BCUT2D eigenvalue weighted by atomic mass is 16.5. The maximum Gasteiger partial charge on any atom is 0.161 e. The lowest BCUT2D eigenvalue weighted by molar-refractivity contribution is 0.0690. The molecule has 1 aliphatic heterocycles. The van der Waals surface area contributed by atoms with E-state index in [1.807, 2.05) is 24.3 Å². The van der Waals surface area contributed by atoms with Crippen molar-refractivity contribution in [2.24, 2.45) is 0 Å². The van der Waals surface area contributed by atoms with E-state index < -0.39 is 0 Å². The quantitative estimate of drug-likeness (QED) is 0.841. The first-order valence-electron chi connectivity index (χ1n) is 5.97. The first-order chi connectivity index (χ1) is 8.40. The van der Waals surface area contributed by atoms with Gasteiger partial charge in [-0.2, -0.15) is 0 Å². The standard InChI is InChI=1S/C13H19NO3/c1-15-12-4-2-3-5-13(12)17-8-6-11-10-16-9-7-14-11/h2-5,11,14H,6-10H2,1H3. The maximum atomic E-state index is 5.71. The molecule has 17 heavy (non-hydrogen) atoms. The summed E-state index contributed by atoms with van der Waals surface area (Å²) in [5.74, 6) is 1.58. The van der Waals surface area contributed by atoms with Crippen LogP contribution in [0, 0.1) is 0 Å². The fourth-order valence-corrected chi connectivity index (χ4v) is 1.85. The molecule has 1 fully saturated rings. The Labute approximate surface area is 102 Å². The van der Waals surface area contributed by atoms with Gasteiger partial charge in [0, 0.05) is 12.6 Å². The Balaban J connectivity index is 1.77. The van der Waals surface area contributed by atoms with Crippen molar-refractivity contribution in [1.29, 1.82) is 0 Å². The Morgan fingerprint density at radius 1 is 1.35 bits per heavy atom. The van der Waals surface area contributed by atoms with Gasteiger partial charge in [0.05, 0.1) is 26.9 Å². The molecule has 1 N–H and O–H groups in total. The zero-order valence-electron chi connectivity index (χ0n) is 10.1. The smallest absolute Gasteiger partial charge is 0.161 e. The number of hydrogen-bond acceptors (Lipinski definition) is 4. The topological polar surface area (TPSA) is 39.7 Å². The number of methoxy groups -OCH3 is 1. The Bertz CT molecular complexity index is 337. The van der Waals surface area contributed by atoms with Gasteiger partial charge in [0.1, 0.15) is 0 Å². The van der Waals surface area contributed by atoms with Crippen molar-refractivity contribution in [3.05, 3.63) is 24.3 Å². The van der Waals surface area contributed by atoms with Gasteiger partial charge in [-0.1, -0.05) is 12.1 Å². The Hall–Kier alpha value is -1.26. The van der Waals surface area contributed by atoms with Gasteiger partial charge in [0.15, 0.2) is 11.5 Å². The van der Waals surface area contributed by atoms with E-state index in [1.165, 1.54) is 0 Å². The number of nitrogens with one attached hydrogen (secondary N) is 1. The predicted octanol–water partition coefficient (Wildman–Crippen LogP) is 1.45. The van der Waals surface area contributed by atoms with Crippen LogP contribution in [0.25, 0.3) is 0 Å². The van der Waals surface area contributed by atoms with Crippen LogP contribution in [0.5, 0.6) is 11.5 Å². The molecular formula is C13H19NO3. The van der Waals surface area contributed by atoms with Gasteiger partial charge in [-0.25, -0.2) is 0 Å². The summed E-state index contributed by atoms with van der Waals surface area (Å²) in [7, 11) is 1.65. The van der Waals surface area contributed by atoms with Crippen LogP contribution in [-0.4, -0.2) is 39.5 Å². The molecule has 94 valence electrons. The lowest BCUT2D eigenvalue weighted by atomic mass is 10.2. The zero-order valence-corrected chi connectivity index (χ0v) is 10.1. The van der Waals surface area contributed by atoms with Crippen molar-refractivity contribution < 1.29 is 14.2 Å². The number of morpholine rings is 1. The molecule has 0 amide bonds. The number of hydrogen-bond donors (Lipinski definition) is 1. The molecule has 1 unspecified atom stereocenters.